The Bertz CT molecular complexity index is 874. The minimum Gasteiger partial charge on any atom is -0.495 e. The van der Waals surface area contributed by atoms with Gasteiger partial charge in [-0.2, -0.15) is 0 Å². The monoisotopic (exact) mass is 408 g/mol. The first-order chi connectivity index (χ1) is 14.7. The van der Waals surface area contributed by atoms with Crippen molar-refractivity contribution in [2.24, 2.45) is 0 Å². The van der Waals surface area contributed by atoms with Gasteiger partial charge in [-0.3, -0.25) is 4.79 Å². The highest BCUT2D eigenvalue weighted by Gasteiger charge is 2.28. The average Bonchev–Trinajstić information content (AvgIpc) is 2.82. The summed E-state index contributed by atoms with van der Waals surface area (Å²) < 4.78 is 11.7. The Morgan fingerprint density at radius 2 is 1.73 bits per heavy atom. The van der Waals surface area contributed by atoms with Gasteiger partial charge in [0.15, 0.2) is 6.10 Å². The lowest BCUT2D eigenvalue weighted by Crippen LogP contribution is -2.52. The number of carbonyl (C=O) groups excluding carboxylic acids is 1. The Morgan fingerprint density at radius 3 is 2.47 bits per heavy atom. The average molecular weight is 409 g/mol. The first kappa shape index (κ1) is 20.6. The number of anilines is 1. The van der Waals surface area contributed by atoms with Crippen LogP contribution in [-0.2, 0) is 17.6 Å². The number of hydrogen-bond acceptors (Lipinski definition) is 4. The molecule has 160 valence electrons. The Hall–Kier alpha value is -2.69. The maximum absolute atomic E-state index is 13.1. The van der Waals surface area contributed by atoms with Gasteiger partial charge in [0.05, 0.1) is 12.8 Å². The van der Waals surface area contributed by atoms with Crippen molar-refractivity contribution in [2.45, 2.75) is 45.1 Å². The van der Waals surface area contributed by atoms with Crippen molar-refractivity contribution in [1.82, 2.24) is 4.90 Å². The predicted molar refractivity (Wildman–Crippen MR) is 120 cm³/mol. The van der Waals surface area contributed by atoms with Gasteiger partial charge in [0.25, 0.3) is 5.91 Å². The zero-order valence-corrected chi connectivity index (χ0v) is 18.1. The van der Waals surface area contributed by atoms with Crippen LogP contribution < -0.4 is 14.4 Å². The predicted octanol–water partition coefficient (Wildman–Crippen LogP) is 4.08. The van der Waals surface area contributed by atoms with Crippen molar-refractivity contribution < 1.29 is 14.3 Å². The normalized spacial score (nSPS) is 17.3. The fraction of sp³-hybridized carbons (Fsp3) is 0.480. The van der Waals surface area contributed by atoms with Crippen LogP contribution in [0.4, 0.5) is 5.69 Å². The van der Waals surface area contributed by atoms with Crippen LogP contribution >= 0.6 is 0 Å². The lowest BCUT2D eigenvalue weighted by molar-refractivity contribution is -0.139. The van der Waals surface area contributed by atoms with Crippen LogP contribution in [0.2, 0.25) is 0 Å². The van der Waals surface area contributed by atoms with Crippen LogP contribution in [0.3, 0.4) is 0 Å². The molecular weight excluding hydrogens is 376 g/mol. The Balaban J connectivity index is 1.38. The van der Waals surface area contributed by atoms with E-state index >= 15 is 0 Å². The van der Waals surface area contributed by atoms with E-state index in [1.54, 1.807) is 7.11 Å². The molecule has 0 saturated carbocycles. The number of rotatable bonds is 6. The number of fused-ring (bicyclic) bond motifs is 1. The lowest BCUT2D eigenvalue weighted by Gasteiger charge is -2.37. The Kier molecular flexibility index (Phi) is 6.46. The van der Waals surface area contributed by atoms with Gasteiger partial charge in [0.1, 0.15) is 11.5 Å². The Labute approximate surface area is 179 Å². The summed E-state index contributed by atoms with van der Waals surface area (Å²) in [7, 11) is 1.70. The molecule has 0 aromatic heterocycles. The van der Waals surface area contributed by atoms with E-state index in [1.165, 1.54) is 24.0 Å². The van der Waals surface area contributed by atoms with Crippen molar-refractivity contribution in [3.8, 4) is 11.5 Å². The molecule has 5 nitrogen and oxygen atoms in total. The summed E-state index contributed by atoms with van der Waals surface area (Å²) in [4.78, 5) is 17.4. The van der Waals surface area contributed by atoms with Crippen LogP contribution in [0.1, 0.15) is 37.3 Å². The summed E-state index contributed by atoms with van der Waals surface area (Å²) in [5.74, 6) is 1.79. The van der Waals surface area contributed by atoms with Gasteiger partial charge >= 0.3 is 0 Å². The summed E-state index contributed by atoms with van der Waals surface area (Å²) >= 11 is 0. The SMILES string of the molecule is CCC(Oc1ccc2c(c1)CCCC2)C(=O)N1CCN(c2ccccc2OC)CC1. The number of para-hydroxylation sites is 2. The summed E-state index contributed by atoms with van der Waals surface area (Å²) in [5, 5.41) is 0. The fourth-order valence-corrected chi connectivity index (χ4v) is 4.52. The van der Waals surface area contributed by atoms with Gasteiger partial charge in [-0.05, 0) is 67.5 Å². The molecule has 1 aliphatic heterocycles. The second kappa shape index (κ2) is 9.41. The second-order valence-electron chi connectivity index (χ2n) is 8.14. The Morgan fingerprint density at radius 1 is 1.00 bits per heavy atom. The molecule has 1 saturated heterocycles. The zero-order chi connectivity index (χ0) is 20.9. The van der Waals surface area contributed by atoms with E-state index < -0.39 is 6.10 Å². The van der Waals surface area contributed by atoms with Gasteiger partial charge in [0.2, 0.25) is 0 Å². The van der Waals surface area contributed by atoms with Crippen LogP contribution in [0, 0.1) is 0 Å². The molecule has 1 unspecified atom stereocenters. The lowest BCUT2D eigenvalue weighted by atomic mass is 9.92. The van der Waals surface area contributed by atoms with E-state index in [0.29, 0.717) is 19.5 Å². The van der Waals surface area contributed by atoms with Crippen molar-refractivity contribution in [3.63, 3.8) is 0 Å². The minimum atomic E-state index is -0.426. The molecule has 1 fully saturated rings. The number of amides is 1. The van der Waals surface area contributed by atoms with E-state index in [1.807, 2.05) is 36.1 Å². The molecule has 0 bridgehead atoms. The third-order valence-corrected chi connectivity index (χ3v) is 6.26. The molecular formula is C25H32N2O3. The van der Waals surface area contributed by atoms with E-state index in [-0.39, 0.29) is 5.91 Å². The molecule has 1 atom stereocenters. The third kappa shape index (κ3) is 4.40. The number of methoxy groups -OCH3 is 1. The minimum absolute atomic E-state index is 0.0925. The summed E-state index contributed by atoms with van der Waals surface area (Å²) in [6.07, 6.45) is 5.02. The van der Waals surface area contributed by atoms with E-state index in [9.17, 15) is 4.79 Å². The largest absolute Gasteiger partial charge is 0.495 e. The van der Waals surface area contributed by atoms with Gasteiger partial charge in [-0.25, -0.2) is 0 Å². The first-order valence-electron chi connectivity index (χ1n) is 11.1. The zero-order valence-electron chi connectivity index (χ0n) is 18.1. The molecule has 2 aromatic rings. The molecule has 4 rings (SSSR count). The number of benzene rings is 2. The fourth-order valence-electron chi connectivity index (χ4n) is 4.52. The molecule has 0 spiro atoms. The van der Waals surface area contributed by atoms with Crippen molar-refractivity contribution in [2.75, 3.05) is 38.2 Å². The topological polar surface area (TPSA) is 42.0 Å². The van der Waals surface area contributed by atoms with E-state index in [0.717, 1.165) is 43.1 Å². The smallest absolute Gasteiger partial charge is 0.263 e. The maximum atomic E-state index is 13.1. The number of carbonyl (C=O) groups is 1. The van der Waals surface area contributed by atoms with E-state index in [2.05, 4.69) is 23.1 Å². The molecule has 30 heavy (non-hydrogen) atoms. The van der Waals surface area contributed by atoms with Gasteiger partial charge in [-0.15, -0.1) is 0 Å². The highest BCUT2D eigenvalue weighted by molar-refractivity contribution is 5.81. The number of nitrogens with zero attached hydrogens (tertiary/aromatic N) is 2. The van der Waals surface area contributed by atoms with Gasteiger partial charge < -0.3 is 19.3 Å². The molecule has 0 radical (unpaired) electrons. The van der Waals surface area contributed by atoms with Crippen LogP contribution in [0.15, 0.2) is 42.5 Å². The van der Waals surface area contributed by atoms with Crippen molar-refractivity contribution >= 4 is 11.6 Å². The van der Waals surface area contributed by atoms with Crippen LogP contribution in [0.25, 0.3) is 0 Å². The van der Waals surface area contributed by atoms with Gasteiger partial charge in [-0.1, -0.05) is 25.1 Å². The van der Waals surface area contributed by atoms with E-state index in [4.69, 9.17) is 9.47 Å². The quantitative estimate of drug-likeness (QED) is 0.722. The van der Waals surface area contributed by atoms with Gasteiger partial charge in [0, 0.05) is 26.2 Å². The summed E-state index contributed by atoms with van der Waals surface area (Å²) in [6, 6.07) is 14.4. The molecule has 2 aromatic carbocycles. The highest BCUT2D eigenvalue weighted by Crippen LogP contribution is 2.29. The number of piperazine rings is 1. The van der Waals surface area contributed by atoms with Crippen LogP contribution in [-0.4, -0.2) is 50.2 Å². The molecule has 1 heterocycles. The molecule has 1 amide bonds. The number of hydrogen-bond donors (Lipinski definition) is 0. The molecule has 2 aliphatic rings. The maximum Gasteiger partial charge on any atom is 0.263 e. The number of aryl methyl sites for hydroxylation is 2. The summed E-state index contributed by atoms with van der Waals surface area (Å²) in [5.41, 5.74) is 3.90. The van der Waals surface area contributed by atoms with Crippen LogP contribution in [0.5, 0.6) is 11.5 Å². The molecule has 1 aliphatic carbocycles. The third-order valence-electron chi connectivity index (χ3n) is 6.26. The first-order valence-corrected chi connectivity index (χ1v) is 11.1. The molecule has 5 heteroatoms. The van der Waals surface area contributed by atoms with Crippen molar-refractivity contribution in [1.29, 1.82) is 0 Å². The number of ether oxygens (including phenoxy) is 2. The highest BCUT2D eigenvalue weighted by atomic mass is 16.5. The second-order valence-corrected chi connectivity index (χ2v) is 8.14. The standard InChI is InChI=1S/C25H32N2O3/c1-3-23(30-21-13-12-19-8-4-5-9-20(19)18-21)25(28)27-16-14-26(15-17-27)22-10-6-7-11-24(22)29-2/h6-7,10-13,18,23H,3-5,8-9,14-17H2,1-2H3. The summed E-state index contributed by atoms with van der Waals surface area (Å²) in [6.45, 7) is 5.00. The van der Waals surface area contributed by atoms with Crippen molar-refractivity contribution in [3.05, 3.63) is 53.6 Å². The molecule has 0 N–H and O–H groups in total.